The third-order valence-corrected chi connectivity index (χ3v) is 5.05. The molecular formula is C16H28O3. The summed E-state index contributed by atoms with van der Waals surface area (Å²) in [5.74, 6) is 1.67. The Hall–Kier alpha value is -0.120. The van der Waals surface area contributed by atoms with E-state index in [1.165, 1.54) is 44.9 Å². The first-order chi connectivity index (χ1) is 9.31. The Morgan fingerprint density at radius 1 is 0.947 bits per heavy atom. The fourth-order valence-corrected chi connectivity index (χ4v) is 3.70. The molecule has 0 bridgehead atoms. The van der Waals surface area contributed by atoms with Gasteiger partial charge in [0, 0.05) is 19.8 Å². The van der Waals surface area contributed by atoms with Gasteiger partial charge in [0.1, 0.15) is 0 Å². The molecule has 0 aromatic rings. The van der Waals surface area contributed by atoms with Crippen LogP contribution in [0.3, 0.4) is 0 Å². The van der Waals surface area contributed by atoms with Crippen LogP contribution in [-0.2, 0) is 14.2 Å². The minimum absolute atomic E-state index is 0.451. The molecule has 5 atom stereocenters. The SMILES string of the molecule is CC1CC(CCOCCC2CCC3OC3C2)CCO1. The first-order valence-corrected chi connectivity index (χ1v) is 8.16. The minimum Gasteiger partial charge on any atom is -0.381 e. The summed E-state index contributed by atoms with van der Waals surface area (Å²) in [6, 6.07) is 0. The number of fused-ring (bicyclic) bond motifs is 1. The van der Waals surface area contributed by atoms with Crippen LogP contribution in [0.25, 0.3) is 0 Å². The highest BCUT2D eigenvalue weighted by Crippen LogP contribution is 2.40. The standard InChI is InChI=1S/C16H28O3/c1-12-10-14(6-9-18-12)5-8-17-7-4-13-2-3-15-16(11-13)19-15/h12-16H,2-11H2,1H3. The average Bonchev–Trinajstić information content (AvgIpc) is 3.17. The number of epoxide rings is 1. The van der Waals surface area contributed by atoms with Crippen LogP contribution < -0.4 is 0 Å². The first kappa shape index (κ1) is 13.8. The lowest BCUT2D eigenvalue weighted by molar-refractivity contribution is -0.00692. The maximum Gasteiger partial charge on any atom is 0.0844 e. The zero-order chi connectivity index (χ0) is 13.1. The second-order valence-electron chi connectivity index (χ2n) is 6.65. The van der Waals surface area contributed by atoms with Crippen molar-refractivity contribution in [2.75, 3.05) is 19.8 Å². The zero-order valence-electron chi connectivity index (χ0n) is 12.2. The Labute approximate surface area is 117 Å². The van der Waals surface area contributed by atoms with Crippen LogP contribution in [0.1, 0.15) is 51.9 Å². The van der Waals surface area contributed by atoms with Crippen LogP contribution in [-0.4, -0.2) is 38.1 Å². The van der Waals surface area contributed by atoms with Gasteiger partial charge >= 0.3 is 0 Å². The Morgan fingerprint density at radius 2 is 1.74 bits per heavy atom. The summed E-state index contributed by atoms with van der Waals surface area (Å²) in [4.78, 5) is 0. The monoisotopic (exact) mass is 268 g/mol. The van der Waals surface area contributed by atoms with Gasteiger partial charge in [-0.2, -0.15) is 0 Å². The quantitative estimate of drug-likeness (QED) is 0.547. The number of hydrogen-bond acceptors (Lipinski definition) is 3. The van der Waals surface area contributed by atoms with Gasteiger partial charge in [-0.05, 0) is 63.7 Å². The van der Waals surface area contributed by atoms with Gasteiger partial charge < -0.3 is 14.2 Å². The van der Waals surface area contributed by atoms with Crippen molar-refractivity contribution < 1.29 is 14.2 Å². The van der Waals surface area contributed by atoms with Crippen LogP contribution in [0.2, 0.25) is 0 Å². The predicted octanol–water partition coefficient (Wildman–Crippen LogP) is 3.17. The minimum atomic E-state index is 0.451. The molecule has 3 fully saturated rings. The summed E-state index contributed by atoms with van der Waals surface area (Å²) in [6.07, 6.45) is 10.5. The molecule has 3 aliphatic rings. The van der Waals surface area contributed by atoms with E-state index in [0.717, 1.165) is 31.7 Å². The maximum absolute atomic E-state index is 5.84. The molecule has 3 nitrogen and oxygen atoms in total. The van der Waals surface area contributed by atoms with E-state index in [1.807, 2.05) is 0 Å². The van der Waals surface area contributed by atoms with E-state index in [-0.39, 0.29) is 0 Å². The Balaban J connectivity index is 1.21. The zero-order valence-corrected chi connectivity index (χ0v) is 12.2. The second kappa shape index (κ2) is 6.55. The Bertz CT molecular complexity index is 273. The van der Waals surface area contributed by atoms with Crippen molar-refractivity contribution in [3.05, 3.63) is 0 Å². The molecule has 0 spiro atoms. The highest BCUT2D eigenvalue weighted by atomic mass is 16.6. The van der Waals surface area contributed by atoms with E-state index < -0.39 is 0 Å². The smallest absolute Gasteiger partial charge is 0.0844 e. The average molecular weight is 268 g/mol. The summed E-state index contributed by atoms with van der Waals surface area (Å²) >= 11 is 0. The van der Waals surface area contributed by atoms with Crippen molar-refractivity contribution in [2.24, 2.45) is 11.8 Å². The molecule has 2 saturated heterocycles. The third-order valence-electron chi connectivity index (χ3n) is 5.05. The van der Waals surface area contributed by atoms with Gasteiger partial charge in [0.2, 0.25) is 0 Å². The van der Waals surface area contributed by atoms with Crippen molar-refractivity contribution in [1.29, 1.82) is 0 Å². The van der Waals surface area contributed by atoms with E-state index in [9.17, 15) is 0 Å². The highest BCUT2D eigenvalue weighted by Gasteiger charge is 2.43. The highest BCUT2D eigenvalue weighted by molar-refractivity contribution is 4.91. The molecule has 3 heteroatoms. The van der Waals surface area contributed by atoms with Crippen molar-refractivity contribution in [3.8, 4) is 0 Å². The van der Waals surface area contributed by atoms with E-state index in [0.29, 0.717) is 18.3 Å². The summed E-state index contributed by atoms with van der Waals surface area (Å²) < 4.78 is 17.0. The van der Waals surface area contributed by atoms with Crippen molar-refractivity contribution in [1.82, 2.24) is 0 Å². The molecule has 5 unspecified atom stereocenters. The molecule has 0 aromatic carbocycles. The van der Waals surface area contributed by atoms with Crippen LogP contribution in [0.15, 0.2) is 0 Å². The largest absolute Gasteiger partial charge is 0.381 e. The topological polar surface area (TPSA) is 31.0 Å². The van der Waals surface area contributed by atoms with Gasteiger partial charge in [-0.25, -0.2) is 0 Å². The molecule has 110 valence electrons. The van der Waals surface area contributed by atoms with Crippen LogP contribution in [0, 0.1) is 11.8 Å². The van der Waals surface area contributed by atoms with Gasteiger partial charge in [-0.15, -0.1) is 0 Å². The maximum atomic E-state index is 5.84. The van der Waals surface area contributed by atoms with E-state index in [2.05, 4.69) is 6.92 Å². The second-order valence-corrected chi connectivity index (χ2v) is 6.65. The molecule has 2 aliphatic heterocycles. The summed E-state index contributed by atoms with van der Waals surface area (Å²) in [6.45, 7) is 5.01. The molecule has 1 aliphatic carbocycles. The molecule has 1 saturated carbocycles. The predicted molar refractivity (Wildman–Crippen MR) is 74.2 cm³/mol. The molecule has 19 heavy (non-hydrogen) atoms. The lowest BCUT2D eigenvalue weighted by Gasteiger charge is -2.27. The van der Waals surface area contributed by atoms with Crippen molar-refractivity contribution >= 4 is 0 Å². The lowest BCUT2D eigenvalue weighted by Crippen LogP contribution is -2.24. The molecule has 0 radical (unpaired) electrons. The number of ether oxygens (including phenoxy) is 3. The molecule has 2 heterocycles. The molecule has 0 amide bonds. The van der Waals surface area contributed by atoms with E-state index in [4.69, 9.17) is 14.2 Å². The number of hydrogen-bond donors (Lipinski definition) is 0. The van der Waals surface area contributed by atoms with Crippen LogP contribution in [0.5, 0.6) is 0 Å². The lowest BCUT2D eigenvalue weighted by atomic mass is 9.87. The Kier molecular flexibility index (Phi) is 4.78. The fourth-order valence-electron chi connectivity index (χ4n) is 3.70. The molecule has 0 aromatic heterocycles. The fraction of sp³-hybridized carbons (Fsp3) is 1.00. The van der Waals surface area contributed by atoms with Crippen LogP contribution in [0.4, 0.5) is 0 Å². The summed E-state index contributed by atoms with van der Waals surface area (Å²) in [5.41, 5.74) is 0. The van der Waals surface area contributed by atoms with Crippen LogP contribution >= 0.6 is 0 Å². The van der Waals surface area contributed by atoms with Gasteiger partial charge in [-0.3, -0.25) is 0 Å². The molecule has 0 N–H and O–H groups in total. The first-order valence-electron chi connectivity index (χ1n) is 8.16. The summed E-state index contributed by atoms with van der Waals surface area (Å²) in [7, 11) is 0. The van der Waals surface area contributed by atoms with Crippen molar-refractivity contribution in [2.45, 2.75) is 70.2 Å². The van der Waals surface area contributed by atoms with E-state index >= 15 is 0 Å². The van der Waals surface area contributed by atoms with E-state index in [1.54, 1.807) is 0 Å². The number of rotatable bonds is 6. The van der Waals surface area contributed by atoms with Gasteiger partial charge in [-0.1, -0.05) is 0 Å². The van der Waals surface area contributed by atoms with Gasteiger partial charge in [0.05, 0.1) is 18.3 Å². The van der Waals surface area contributed by atoms with Gasteiger partial charge in [0.25, 0.3) is 0 Å². The molecule has 3 rings (SSSR count). The van der Waals surface area contributed by atoms with Crippen molar-refractivity contribution in [3.63, 3.8) is 0 Å². The normalized spacial score (nSPS) is 41.8. The van der Waals surface area contributed by atoms with Gasteiger partial charge in [0.15, 0.2) is 0 Å². The molecular weight excluding hydrogens is 240 g/mol. The third kappa shape index (κ3) is 4.17. The summed E-state index contributed by atoms with van der Waals surface area (Å²) in [5, 5.41) is 0. The Morgan fingerprint density at radius 3 is 2.47 bits per heavy atom.